The van der Waals surface area contributed by atoms with E-state index in [-0.39, 0.29) is 24.4 Å². The Balaban J connectivity index is 1.29. The van der Waals surface area contributed by atoms with Crippen molar-refractivity contribution in [3.05, 3.63) is 35.7 Å². The minimum absolute atomic E-state index is 0.0648. The lowest BCUT2D eigenvalue weighted by Crippen LogP contribution is -2.35. The molecule has 2 aromatic rings. The second kappa shape index (κ2) is 7.91. The molecule has 2 amide bonds. The highest BCUT2D eigenvalue weighted by molar-refractivity contribution is 5.93. The summed E-state index contributed by atoms with van der Waals surface area (Å²) in [6.07, 6.45) is 9.28. The molecule has 9 heteroatoms. The monoisotopic (exact) mass is 372 g/mol. The van der Waals surface area contributed by atoms with E-state index in [1.54, 1.807) is 12.4 Å². The molecule has 2 N–H and O–H groups in total. The van der Waals surface area contributed by atoms with E-state index in [4.69, 9.17) is 4.74 Å². The highest BCUT2D eigenvalue weighted by atomic mass is 16.5. The van der Waals surface area contributed by atoms with Crippen LogP contribution in [-0.4, -0.2) is 43.8 Å². The van der Waals surface area contributed by atoms with Gasteiger partial charge in [0.05, 0.1) is 36.8 Å². The Morgan fingerprint density at radius 1 is 1.26 bits per heavy atom. The molecule has 0 radical (unpaired) electrons. The largest absolute Gasteiger partial charge is 0.372 e. The fraction of sp³-hybridized carbons (Fsp3) is 0.556. The first-order valence-electron chi connectivity index (χ1n) is 9.40. The van der Waals surface area contributed by atoms with Crippen LogP contribution in [0.15, 0.2) is 18.6 Å². The summed E-state index contributed by atoms with van der Waals surface area (Å²) in [4.78, 5) is 28.8. The normalized spacial score (nSPS) is 16.9. The van der Waals surface area contributed by atoms with E-state index in [2.05, 4.69) is 25.3 Å². The van der Waals surface area contributed by atoms with Crippen molar-refractivity contribution in [2.45, 2.75) is 58.0 Å². The molecular weight excluding hydrogens is 348 g/mol. The Morgan fingerprint density at radius 2 is 2.11 bits per heavy atom. The molecule has 0 atom stereocenters. The third kappa shape index (κ3) is 4.19. The van der Waals surface area contributed by atoms with Crippen molar-refractivity contribution in [2.75, 3.05) is 6.61 Å². The van der Waals surface area contributed by atoms with E-state index in [1.807, 2.05) is 0 Å². The Morgan fingerprint density at radius 3 is 2.96 bits per heavy atom. The lowest BCUT2D eigenvalue weighted by Gasteiger charge is -2.17. The number of carbonyl (C=O) groups excluding carboxylic acids is 2. The lowest BCUT2D eigenvalue weighted by atomic mass is 10.2. The number of fused-ring (bicyclic) bond motifs is 1. The number of nitrogens with zero attached hydrogens (tertiary/aromatic N) is 4. The second-order valence-electron chi connectivity index (χ2n) is 7.03. The summed E-state index contributed by atoms with van der Waals surface area (Å²) in [7, 11) is 0. The SMILES string of the molecule is O=C(Cn1cc(C(=O)NCc2cnc3n2CCOC3)cn1)NC1CCCC1. The van der Waals surface area contributed by atoms with Crippen LogP contribution >= 0.6 is 0 Å². The number of amides is 2. The van der Waals surface area contributed by atoms with Crippen LogP contribution < -0.4 is 10.6 Å². The predicted molar refractivity (Wildman–Crippen MR) is 95.7 cm³/mol. The van der Waals surface area contributed by atoms with Gasteiger partial charge < -0.3 is 19.9 Å². The Kier molecular flexibility index (Phi) is 5.19. The van der Waals surface area contributed by atoms with Crippen LogP contribution in [0.2, 0.25) is 0 Å². The molecule has 1 aliphatic heterocycles. The van der Waals surface area contributed by atoms with Crippen molar-refractivity contribution < 1.29 is 14.3 Å². The molecule has 4 rings (SSSR count). The van der Waals surface area contributed by atoms with Crippen LogP contribution in [0.5, 0.6) is 0 Å². The Labute approximate surface area is 157 Å². The van der Waals surface area contributed by atoms with Crippen LogP contribution in [0.3, 0.4) is 0 Å². The highest BCUT2D eigenvalue weighted by Crippen LogP contribution is 2.17. The van der Waals surface area contributed by atoms with Gasteiger partial charge in [-0.05, 0) is 12.8 Å². The van der Waals surface area contributed by atoms with Crippen LogP contribution in [0.1, 0.15) is 47.6 Å². The maximum Gasteiger partial charge on any atom is 0.254 e. The van der Waals surface area contributed by atoms with Crippen LogP contribution in [0.4, 0.5) is 0 Å². The van der Waals surface area contributed by atoms with Gasteiger partial charge in [0.15, 0.2) is 0 Å². The third-order valence-electron chi connectivity index (χ3n) is 5.06. The number of carbonyl (C=O) groups is 2. The summed E-state index contributed by atoms with van der Waals surface area (Å²) < 4.78 is 8.93. The van der Waals surface area contributed by atoms with Crippen molar-refractivity contribution in [2.24, 2.45) is 0 Å². The molecule has 1 saturated carbocycles. The molecule has 2 aliphatic rings. The van der Waals surface area contributed by atoms with Gasteiger partial charge in [-0.25, -0.2) is 4.98 Å². The van der Waals surface area contributed by atoms with E-state index in [0.29, 0.717) is 25.3 Å². The molecule has 3 heterocycles. The van der Waals surface area contributed by atoms with Crippen LogP contribution in [0.25, 0.3) is 0 Å². The summed E-state index contributed by atoms with van der Waals surface area (Å²) in [5.74, 6) is 0.594. The fourth-order valence-electron chi connectivity index (χ4n) is 3.63. The zero-order valence-corrected chi connectivity index (χ0v) is 15.2. The molecule has 0 saturated heterocycles. The Hall–Kier alpha value is -2.68. The number of hydrogen-bond donors (Lipinski definition) is 2. The number of nitrogens with one attached hydrogen (secondary N) is 2. The maximum atomic E-state index is 12.4. The number of imidazole rings is 1. The second-order valence-corrected chi connectivity index (χ2v) is 7.03. The number of rotatable bonds is 6. The molecule has 0 aromatic carbocycles. The maximum absolute atomic E-state index is 12.4. The third-order valence-corrected chi connectivity index (χ3v) is 5.06. The van der Waals surface area contributed by atoms with Gasteiger partial charge in [-0.2, -0.15) is 5.10 Å². The van der Waals surface area contributed by atoms with Gasteiger partial charge in [0.1, 0.15) is 19.0 Å². The molecule has 144 valence electrons. The standard InChI is InChI=1S/C18H24N6O3/c25-17(22-14-3-1-2-4-14)11-23-10-13(7-21-23)18(26)20-9-15-8-19-16-12-27-6-5-24(15)16/h7-8,10,14H,1-6,9,11-12H2,(H,20,26)(H,22,25). The molecule has 2 aromatic heterocycles. The van der Waals surface area contributed by atoms with E-state index in [1.165, 1.54) is 23.7 Å². The smallest absolute Gasteiger partial charge is 0.254 e. The first-order chi connectivity index (χ1) is 13.2. The summed E-state index contributed by atoms with van der Waals surface area (Å²) >= 11 is 0. The minimum atomic E-state index is -0.222. The lowest BCUT2D eigenvalue weighted by molar-refractivity contribution is -0.122. The average Bonchev–Trinajstić information content (AvgIpc) is 3.41. The van der Waals surface area contributed by atoms with Crippen molar-refractivity contribution >= 4 is 11.8 Å². The molecule has 0 unspecified atom stereocenters. The van der Waals surface area contributed by atoms with Gasteiger partial charge in [0.2, 0.25) is 5.91 Å². The van der Waals surface area contributed by atoms with Crippen molar-refractivity contribution in [3.8, 4) is 0 Å². The zero-order chi connectivity index (χ0) is 18.6. The van der Waals surface area contributed by atoms with Gasteiger partial charge in [-0.1, -0.05) is 12.8 Å². The minimum Gasteiger partial charge on any atom is -0.372 e. The quantitative estimate of drug-likeness (QED) is 0.773. The summed E-state index contributed by atoms with van der Waals surface area (Å²) in [6, 6.07) is 0.280. The number of hydrogen-bond acceptors (Lipinski definition) is 5. The molecule has 1 aliphatic carbocycles. The summed E-state index contributed by atoms with van der Waals surface area (Å²) in [5, 5.41) is 10.0. The van der Waals surface area contributed by atoms with Crippen LogP contribution in [0, 0.1) is 0 Å². The van der Waals surface area contributed by atoms with Gasteiger partial charge in [0, 0.05) is 18.8 Å². The topological polar surface area (TPSA) is 103 Å². The van der Waals surface area contributed by atoms with Crippen molar-refractivity contribution in [1.29, 1.82) is 0 Å². The van der Waals surface area contributed by atoms with Crippen LogP contribution in [-0.2, 0) is 35.8 Å². The Bertz CT molecular complexity index is 821. The van der Waals surface area contributed by atoms with Gasteiger partial charge in [-0.3, -0.25) is 14.3 Å². The summed E-state index contributed by atoms with van der Waals surface area (Å²) in [5.41, 5.74) is 1.38. The molecule has 0 spiro atoms. The number of aromatic nitrogens is 4. The highest BCUT2D eigenvalue weighted by Gasteiger charge is 2.18. The predicted octanol–water partition coefficient (Wildman–Crippen LogP) is 0.599. The fourth-order valence-corrected chi connectivity index (χ4v) is 3.63. The molecule has 9 nitrogen and oxygen atoms in total. The number of ether oxygens (including phenoxy) is 1. The van der Waals surface area contributed by atoms with E-state index in [0.717, 1.165) is 30.9 Å². The molecule has 0 bridgehead atoms. The van der Waals surface area contributed by atoms with E-state index < -0.39 is 0 Å². The van der Waals surface area contributed by atoms with Gasteiger partial charge in [-0.15, -0.1) is 0 Å². The van der Waals surface area contributed by atoms with Crippen molar-refractivity contribution in [3.63, 3.8) is 0 Å². The average molecular weight is 372 g/mol. The zero-order valence-electron chi connectivity index (χ0n) is 15.2. The molecular formula is C18H24N6O3. The molecule has 27 heavy (non-hydrogen) atoms. The summed E-state index contributed by atoms with van der Waals surface area (Å²) in [6.45, 7) is 2.41. The van der Waals surface area contributed by atoms with Crippen molar-refractivity contribution in [1.82, 2.24) is 30.0 Å². The van der Waals surface area contributed by atoms with E-state index in [9.17, 15) is 9.59 Å². The van der Waals surface area contributed by atoms with Gasteiger partial charge >= 0.3 is 0 Å². The molecule has 1 fully saturated rings. The first-order valence-corrected chi connectivity index (χ1v) is 9.40. The van der Waals surface area contributed by atoms with E-state index >= 15 is 0 Å². The first kappa shape index (κ1) is 17.7. The van der Waals surface area contributed by atoms with Gasteiger partial charge in [0.25, 0.3) is 5.91 Å².